The largest absolute Gasteiger partial charge is 0.478 e. The van der Waals surface area contributed by atoms with Crippen LogP contribution >= 0.6 is 0 Å². The van der Waals surface area contributed by atoms with E-state index in [-0.39, 0.29) is 6.03 Å². The molecule has 2 N–H and O–H groups in total. The lowest BCUT2D eigenvalue weighted by molar-refractivity contribution is 0.240. The fourth-order valence-electron chi connectivity index (χ4n) is 1.64. The number of urea groups is 1. The summed E-state index contributed by atoms with van der Waals surface area (Å²) in [4.78, 5) is 15.7. The number of hydrogen-bond donors (Lipinski definition) is 2. The van der Waals surface area contributed by atoms with Gasteiger partial charge in [0.15, 0.2) is 0 Å². The van der Waals surface area contributed by atoms with Crippen molar-refractivity contribution in [1.82, 2.24) is 15.6 Å². The van der Waals surface area contributed by atoms with Crippen molar-refractivity contribution in [3.63, 3.8) is 0 Å². The van der Waals surface area contributed by atoms with Gasteiger partial charge in [-0.15, -0.1) is 0 Å². The Labute approximate surface area is 114 Å². The Morgan fingerprint density at radius 2 is 2.16 bits per heavy atom. The topological polar surface area (TPSA) is 63.2 Å². The number of hydrogen-bond acceptors (Lipinski definition) is 3. The lowest BCUT2D eigenvalue weighted by Crippen LogP contribution is -2.35. The smallest absolute Gasteiger partial charge is 0.315 e. The molecule has 0 bridgehead atoms. The maximum Gasteiger partial charge on any atom is 0.315 e. The van der Waals surface area contributed by atoms with Crippen LogP contribution in [-0.2, 0) is 6.54 Å². The summed E-state index contributed by atoms with van der Waals surface area (Å²) in [6.07, 6.45) is 4.98. The number of carbonyl (C=O) groups is 1. The second-order valence-electron chi connectivity index (χ2n) is 4.22. The van der Waals surface area contributed by atoms with Crippen molar-refractivity contribution in [3.8, 4) is 5.88 Å². The minimum absolute atomic E-state index is 0.151. The quantitative estimate of drug-likeness (QED) is 0.710. The van der Waals surface area contributed by atoms with Crippen molar-refractivity contribution in [3.05, 3.63) is 23.9 Å². The molecule has 0 aromatic carbocycles. The van der Waals surface area contributed by atoms with Gasteiger partial charge < -0.3 is 15.4 Å². The summed E-state index contributed by atoms with van der Waals surface area (Å²) in [5.74, 6) is 0.580. The first-order valence-corrected chi connectivity index (χ1v) is 6.86. The Kier molecular flexibility index (Phi) is 7.39. The van der Waals surface area contributed by atoms with Gasteiger partial charge in [0, 0.05) is 24.8 Å². The van der Waals surface area contributed by atoms with Gasteiger partial charge in [-0.2, -0.15) is 0 Å². The Morgan fingerprint density at radius 1 is 1.32 bits per heavy atom. The number of rotatable bonds is 8. The lowest BCUT2D eigenvalue weighted by atomic mass is 10.2. The number of ether oxygens (including phenoxy) is 1. The molecule has 0 fully saturated rings. The van der Waals surface area contributed by atoms with E-state index in [1.807, 2.05) is 19.1 Å². The van der Waals surface area contributed by atoms with Crippen LogP contribution in [0.25, 0.3) is 0 Å². The van der Waals surface area contributed by atoms with Crippen LogP contribution in [0.5, 0.6) is 5.88 Å². The molecule has 1 heterocycles. The minimum Gasteiger partial charge on any atom is -0.478 e. The summed E-state index contributed by atoms with van der Waals surface area (Å²) in [5, 5.41) is 5.63. The molecule has 0 aliphatic heterocycles. The number of carbonyl (C=O) groups excluding carboxylic acids is 1. The highest BCUT2D eigenvalue weighted by atomic mass is 16.5. The Hall–Kier alpha value is -1.78. The first kappa shape index (κ1) is 15.3. The monoisotopic (exact) mass is 265 g/mol. The van der Waals surface area contributed by atoms with Gasteiger partial charge in [0.2, 0.25) is 5.88 Å². The van der Waals surface area contributed by atoms with Gasteiger partial charge >= 0.3 is 6.03 Å². The van der Waals surface area contributed by atoms with Gasteiger partial charge in [-0.05, 0) is 19.4 Å². The highest BCUT2D eigenvalue weighted by Gasteiger charge is 2.05. The van der Waals surface area contributed by atoms with E-state index in [2.05, 4.69) is 22.5 Å². The van der Waals surface area contributed by atoms with Crippen LogP contribution in [0.2, 0.25) is 0 Å². The van der Waals surface area contributed by atoms with E-state index in [4.69, 9.17) is 4.74 Å². The first-order chi connectivity index (χ1) is 9.27. The van der Waals surface area contributed by atoms with E-state index >= 15 is 0 Å². The zero-order chi connectivity index (χ0) is 13.9. The standard InChI is InChI=1S/C14H23N3O2/c1-3-5-6-9-16-14(18)17-11-12-8-7-10-15-13(12)19-4-2/h7-8,10H,3-6,9,11H2,1-2H3,(H2,16,17,18). The minimum atomic E-state index is -0.151. The van der Waals surface area contributed by atoms with Gasteiger partial charge in [-0.3, -0.25) is 0 Å². The van der Waals surface area contributed by atoms with E-state index < -0.39 is 0 Å². The molecule has 0 saturated heterocycles. The normalized spacial score (nSPS) is 10.0. The molecule has 1 aromatic heterocycles. The Bertz CT molecular complexity index is 383. The molecule has 0 atom stereocenters. The van der Waals surface area contributed by atoms with Gasteiger partial charge in [0.1, 0.15) is 0 Å². The Morgan fingerprint density at radius 3 is 2.89 bits per heavy atom. The summed E-state index contributed by atoms with van der Waals surface area (Å²) in [7, 11) is 0. The summed E-state index contributed by atoms with van der Waals surface area (Å²) < 4.78 is 5.40. The molecule has 19 heavy (non-hydrogen) atoms. The molecular weight excluding hydrogens is 242 g/mol. The average Bonchev–Trinajstić information content (AvgIpc) is 2.43. The summed E-state index contributed by atoms with van der Waals surface area (Å²) in [5.41, 5.74) is 0.882. The van der Waals surface area contributed by atoms with Crippen molar-refractivity contribution >= 4 is 6.03 Å². The van der Waals surface area contributed by atoms with E-state index in [1.165, 1.54) is 0 Å². The van der Waals surface area contributed by atoms with Gasteiger partial charge in [-0.1, -0.05) is 25.8 Å². The van der Waals surface area contributed by atoms with E-state index in [0.717, 1.165) is 24.8 Å². The molecule has 0 aliphatic rings. The van der Waals surface area contributed by atoms with Gasteiger partial charge in [0.25, 0.3) is 0 Å². The molecule has 5 nitrogen and oxygen atoms in total. The highest BCUT2D eigenvalue weighted by molar-refractivity contribution is 5.73. The van der Waals surface area contributed by atoms with Crippen molar-refractivity contribution in [2.24, 2.45) is 0 Å². The molecule has 0 aliphatic carbocycles. The second kappa shape index (κ2) is 9.19. The third-order valence-corrected chi connectivity index (χ3v) is 2.64. The zero-order valence-corrected chi connectivity index (χ0v) is 11.7. The van der Waals surface area contributed by atoms with Crippen molar-refractivity contribution in [1.29, 1.82) is 0 Å². The number of amides is 2. The lowest BCUT2D eigenvalue weighted by Gasteiger charge is -2.10. The van der Waals surface area contributed by atoms with E-state index in [1.54, 1.807) is 6.20 Å². The van der Waals surface area contributed by atoms with Crippen LogP contribution in [0, 0.1) is 0 Å². The molecule has 0 unspecified atom stereocenters. The molecule has 2 amide bonds. The Balaban J connectivity index is 2.33. The number of aromatic nitrogens is 1. The fourth-order valence-corrected chi connectivity index (χ4v) is 1.64. The zero-order valence-electron chi connectivity index (χ0n) is 11.7. The number of nitrogens with zero attached hydrogens (tertiary/aromatic N) is 1. The van der Waals surface area contributed by atoms with Gasteiger partial charge in [-0.25, -0.2) is 9.78 Å². The third-order valence-electron chi connectivity index (χ3n) is 2.64. The molecule has 0 saturated carbocycles. The van der Waals surface area contributed by atoms with E-state index in [9.17, 15) is 4.79 Å². The molecule has 106 valence electrons. The van der Waals surface area contributed by atoms with Crippen molar-refractivity contribution in [2.45, 2.75) is 39.7 Å². The SMILES string of the molecule is CCCCCNC(=O)NCc1cccnc1OCC. The predicted octanol–water partition coefficient (Wildman–Crippen LogP) is 2.47. The number of pyridine rings is 1. The van der Waals surface area contributed by atoms with Crippen LogP contribution in [0.3, 0.4) is 0 Å². The number of nitrogens with one attached hydrogen (secondary N) is 2. The molecule has 1 rings (SSSR count). The predicted molar refractivity (Wildman–Crippen MR) is 75.2 cm³/mol. The van der Waals surface area contributed by atoms with Crippen LogP contribution in [0.1, 0.15) is 38.7 Å². The first-order valence-electron chi connectivity index (χ1n) is 6.86. The highest BCUT2D eigenvalue weighted by Crippen LogP contribution is 2.13. The maximum absolute atomic E-state index is 11.6. The third kappa shape index (κ3) is 6.08. The van der Waals surface area contributed by atoms with Crippen molar-refractivity contribution < 1.29 is 9.53 Å². The maximum atomic E-state index is 11.6. The van der Waals surface area contributed by atoms with E-state index in [0.29, 0.717) is 25.6 Å². The summed E-state index contributed by atoms with van der Waals surface area (Å²) in [6, 6.07) is 3.58. The summed E-state index contributed by atoms with van der Waals surface area (Å²) >= 11 is 0. The van der Waals surface area contributed by atoms with Crippen molar-refractivity contribution in [2.75, 3.05) is 13.2 Å². The van der Waals surface area contributed by atoms with Crippen LogP contribution in [0.15, 0.2) is 18.3 Å². The van der Waals surface area contributed by atoms with Gasteiger partial charge in [0.05, 0.1) is 6.61 Å². The average molecular weight is 265 g/mol. The molecule has 0 spiro atoms. The molecule has 1 aromatic rings. The molecule has 0 radical (unpaired) electrons. The van der Waals surface area contributed by atoms with Crippen LogP contribution in [0.4, 0.5) is 4.79 Å². The van der Waals surface area contributed by atoms with Crippen LogP contribution in [-0.4, -0.2) is 24.2 Å². The molecule has 5 heteroatoms. The number of unbranched alkanes of at least 4 members (excludes halogenated alkanes) is 2. The molecular formula is C14H23N3O2. The second-order valence-corrected chi connectivity index (χ2v) is 4.22. The fraction of sp³-hybridized carbons (Fsp3) is 0.571. The summed E-state index contributed by atoms with van der Waals surface area (Å²) in [6.45, 7) is 5.74. The van der Waals surface area contributed by atoms with Crippen LogP contribution < -0.4 is 15.4 Å².